The number of anilines is 1. The molecular formula is C15H14BrNO3. The number of halogens is 1. The van der Waals surface area contributed by atoms with E-state index in [9.17, 15) is 4.79 Å². The van der Waals surface area contributed by atoms with E-state index in [1.165, 1.54) is 0 Å². The van der Waals surface area contributed by atoms with Crippen LogP contribution >= 0.6 is 15.9 Å². The fourth-order valence-corrected chi connectivity index (χ4v) is 2.08. The largest absolute Gasteiger partial charge is 0.492 e. The summed E-state index contributed by atoms with van der Waals surface area (Å²) < 4.78 is 6.36. The molecule has 0 aliphatic carbocycles. The molecule has 0 spiro atoms. The second kappa shape index (κ2) is 6.96. The van der Waals surface area contributed by atoms with E-state index < -0.39 is 5.97 Å². The van der Waals surface area contributed by atoms with Crippen molar-refractivity contribution in [3.05, 3.63) is 58.6 Å². The minimum absolute atomic E-state index is 0.243. The van der Waals surface area contributed by atoms with Gasteiger partial charge >= 0.3 is 5.97 Å². The molecule has 0 saturated carbocycles. The number of nitrogens with one attached hydrogen (secondary N) is 1. The molecule has 2 rings (SSSR count). The molecule has 0 radical (unpaired) electrons. The van der Waals surface area contributed by atoms with Crippen molar-refractivity contribution in [1.29, 1.82) is 0 Å². The van der Waals surface area contributed by atoms with Crippen LogP contribution < -0.4 is 10.1 Å². The Morgan fingerprint density at radius 2 is 1.95 bits per heavy atom. The SMILES string of the molecule is O=C(O)c1ccc(Br)cc1NCCOc1ccccc1. The number of aromatic carboxylic acids is 1. The van der Waals surface area contributed by atoms with Gasteiger partial charge in [0.25, 0.3) is 0 Å². The van der Waals surface area contributed by atoms with E-state index in [-0.39, 0.29) is 5.56 Å². The second-order valence-corrected chi connectivity index (χ2v) is 5.00. The van der Waals surface area contributed by atoms with E-state index in [1.807, 2.05) is 30.3 Å². The average Bonchev–Trinajstić information content (AvgIpc) is 2.44. The third kappa shape index (κ3) is 3.99. The Kier molecular flexibility index (Phi) is 5.01. The Morgan fingerprint density at radius 3 is 2.65 bits per heavy atom. The van der Waals surface area contributed by atoms with Crippen molar-refractivity contribution in [1.82, 2.24) is 0 Å². The highest BCUT2D eigenvalue weighted by molar-refractivity contribution is 9.10. The van der Waals surface area contributed by atoms with Crippen LogP contribution in [0.4, 0.5) is 5.69 Å². The Hall–Kier alpha value is -2.01. The maximum absolute atomic E-state index is 11.1. The van der Waals surface area contributed by atoms with Crippen LogP contribution in [0.5, 0.6) is 5.75 Å². The molecule has 104 valence electrons. The summed E-state index contributed by atoms with van der Waals surface area (Å²) in [6.45, 7) is 0.973. The minimum atomic E-state index is -0.955. The third-order valence-corrected chi connectivity index (χ3v) is 3.13. The summed E-state index contributed by atoms with van der Waals surface area (Å²) in [5.41, 5.74) is 0.816. The fourth-order valence-electron chi connectivity index (χ4n) is 1.72. The Balaban J connectivity index is 1.91. The zero-order valence-corrected chi connectivity index (χ0v) is 12.3. The van der Waals surface area contributed by atoms with Crippen molar-refractivity contribution in [2.24, 2.45) is 0 Å². The molecule has 4 nitrogen and oxygen atoms in total. The van der Waals surface area contributed by atoms with Crippen LogP contribution in [0.3, 0.4) is 0 Å². The Morgan fingerprint density at radius 1 is 1.20 bits per heavy atom. The zero-order valence-electron chi connectivity index (χ0n) is 10.7. The minimum Gasteiger partial charge on any atom is -0.492 e. The Bertz CT molecular complexity index is 587. The van der Waals surface area contributed by atoms with Crippen molar-refractivity contribution in [3.63, 3.8) is 0 Å². The van der Waals surface area contributed by atoms with Gasteiger partial charge in [-0.3, -0.25) is 0 Å². The van der Waals surface area contributed by atoms with Crippen LogP contribution in [0, 0.1) is 0 Å². The lowest BCUT2D eigenvalue weighted by Crippen LogP contribution is -2.14. The monoisotopic (exact) mass is 335 g/mol. The number of ether oxygens (including phenoxy) is 1. The molecule has 0 bridgehead atoms. The highest BCUT2D eigenvalue weighted by atomic mass is 79.9. The van der Waals surface area contributed by atoms with Crippen LogP contribution in [-0.2, 0) is 0 Å². The van der Waals surface area contributed by atoms with Crippen molar-refractivity contribution >= 4 is 27.6 Å². The van der Waals surface area contributed by atoms with Gasteiger partial charge in [0.05, 0.1) is 5.56 Å². The molecule has 0 atom stereocenters. The molecule has 0 fully saturated rings. The fraction of sp³-hybridized carbons (Fsp3) is 0.133. The highest BCUT2D eigenvalue weighted by Gasteiger charge is 2.09. The predicted molar refractivity (Wildman–Crippen MR) is 81.5 cm³/mol. The summed E-state index contributed by atoms with van der Waals surface area (Å²) >= 11 is 3.33. The second-order valence-electron chi connectivity index (χ2n) is 4.08. The number of benzene rings is 2. The number of rotatable bonds is 6. The molecule has 0 saturated heterocycles. The maximum atomic E-state index is 11.1. The normalized spacial score (nSPS) is 10.1. The van der Waals surface area contributed by atoms with E-state index >= 15 is 0 Å². The molecule has 0 heterocycles. The highest BCUT2D eigenvalue weighted by Crippen LogP contribution is 2.21. The molecule has 0 unspecified atom stereocenters. The number of hydrogen-bond donors (Lipinski definition) is 2. The van der Waals surface area contributed by atoms with Crippen LogP contribution in [0.15, 0.2) is 53.0 Å². The van der Waals surface area contributed by atoms with Crippen LogP contribution in [0.2, 0.25) is 0 Å². The number of hydrogen-bond acceptors (Lipinski definition) is 3. The average molecular weight is 336 g/mol. The predicted octanol–water partition coefficient (Wildman–Crippen LogP) is 3.64. The summed E-state index contributed by atoms with van der Waals surface area (Å²) in [7, 11) is 0. The molecule has 2 aromatic rings. The van der Waals surface area contributed by atoms with Gasteiger partial charge in [0.2, 0.25) is 0 Å². The standard InChI is InChI=1S/C15H14BrNO3/c16-11-6-7-13(15(18)19)14(10-11)17-8-9-20-12-4-2-1-3-5-12/h1-7,10,17H,8-9H2,(H,18,19). The van der Waals surface area contributed by atoms with Gasteiger partial charge in [-0.15, -0.1) is 0 Å². The first kappa shape index (κ1) is 14.4. The summed E-state index contributed by atoms with van der Waals surface area (Å²) in [5.74, 6) is -0.161. The van der Waals surface area contributed by atoms with Gasteiger partial charge < -0.3 is 15.2 Å². The number of carbonyl (C=O) groups is 1. The lowest BCUT2D eigenvalue weighted by Gasteiger charge is -2.11. The van der Waals surface area contributed by atoms with E-state index in [0.29, 0.717) is 18.8 Å². The summed E-state index contributed by atoms with van der Waals surface area (Å²) in [5, 5.41) is 12.2. The van der Waals surface area contributed by atoms with Crippen LogP contribution in [0.25, 0.3) is 0 Å². The molecule has 0 amide bonds. The topological polar surface area (TPSA) is 58.6 Å². The van der Waals surface area contributed by atoms with Gasteiger partial charge in [0.15, 0.2) is 0 Å². The first-order valence-electron chi connectivity index (χ1n) is 6.11. The molecule has 2 N–H and O–H groups in total. The van der Waals surface area contributed by atoms with Gasteiger partial charge in [0.1, 0.15) is 12.4 Å². The van der Waals surface area contributed by atoms with Crippen molar-refractivity contribution in [2.45, 2.75) is 0 Å². The van der Waals surface area contributed by atoms with Gasteiger partial charge in [-0.05, 0) is 30.3 Å². The van der Waals surface area contributed by atoms with E-state index in [0.717, 1.165) is 10.2 Å². The molecule has 0 aromatic heterocycles. The van der Waals surface area contributed by atoms with Gasteiger partial charge in [-0.1, -0.05) is 34.1 Å². The summed E-state index contributed by atoms with van der Waals surface area (Å²) in [6, 6.07) is 14.5. The molecule has 20 heavy (non-hydrogen) atoms. The van der Waals surface area contributed by atoms with E-state index in [4.69, 9.17) is 9.84 Å². The number of carboxylic acid groups (broad SMARTS) is 1. The van der Waals surface area contributed by atoms with E-state index in [1.54, 1.807) is 18.2 Å². The quantitative estimate of drug-likeness (QED) is 0.791. The molecule has 0 aliphatic heterocycles. The molecular weight excluding hydrogens is 322 g/mol. The first-order valence-corrected chi connectivity index (χ1v) is 6.90. The Labute approximate surface area is 125 Å². The smallest absolute Gasteiger partial charge is 0.337 e. The number of para-hydroxylation sites is 1. The lowest BCUT2D eigenvalue weighted by molar-refractivity contribution is 0.0698. The van der Waals surface area contributed by atoms with E-state index in [2.05, 4.69) is 21.2 Å². The summed E-state index contributed by atoms with van der Waals surface area (Å²) in [4.78, 5) is 11.1. The van der Waals surface area contributed by atoms with Crippen LogP contribution in [0.1, 0.15) is 10.4 Å². The molecule has 0 aliphatic rings. The summed E-state index contributed by atoms with van der Waals surface area (Å²) in [6.07, 6.45) is 0. The molecule has 5 heteroatoms. The maximum Gasteiger partial charge on any atom is 0.337 e. The van der Waals surface area contributed by atoms with Crippen LogP contribution in [-0.4, -0.2) is 24.2 Å². The first-order chi connectivity index (χ1) is 9.66. The van der Waals surface area contributed by atoms with Crippen molar-refractivity contribution in [3.8, 4) is 5.75 Å². The van der Waals surface area contributed by atoms with Gasteiger partial charge in [-0.25, -0.2) is 4.79 Å². The lowest BCUT2D eigenvalue weighted by atomic mass is 10.2. The third-order valence-electron chi connectivity index (χ3n) is 2.64. The molecule has 2 aromatic carbocycles. The van der Waals surface area contributed by atoms with Gasteiger partial charge in [0, 0.05) is 16.7 Å². The zero-order chi connectivity index (χ0) is 14.4. The number of carboxylic acids is 1. The van der Waals surface area contributed by atoms with Crippen molar-refractivity contribution < 1.29 is 14.6 Å². The van der Waals surface area contributed by atoms with Crippen molar-refractivity contribution in [2.75, 3.05) is 18.5 Å². The van der Waals surface area contributed by atoms with Gasteiger partial charge in [-0.2, -0.15) is 0 Å².